The lowest BCUT2D eigenvalue weighted by molar-refractivity contribution is 0.102. The van der Waals surface area contributed by atoms with Gasteiger partial charge in [0.05, 0.1) is 12.0 Å². The van der Waals surface area contributed by atoms with Crippen molar-refractivity contribution in [3.05, 3.63) is 70.5 Å². The topological polar surface area (TPSA) is 97.4 Å². The summed E-state index contributed by atoms with van der Waals surface area (Å²) in [5.74, 6) is 0.184. The number of sulfonamides is 1. The molecule has 2 heterocycles. The molecule has 27 heavy (non-hydrogen) atoms. The predicted octanol–water partition coefficient (Wildman–Crippen LogP) is 2.88. The Bertz CT molecular complexity index is 1030. The van der Waals surface area contributed by atoms with Gasteiger partial charge in [0.15, 0.2) is 11.6 Å². The van der Waals surface area contributed by atoms with Gasteiger partial charge in [0.2, 0.25) is 10.0 Å². The molecule has 3 rings (SSSR count). The Labute approximate surface area is 161 Å². The van der Waals surface area contributed by atoms with E-state index in [0.29, 0.717) is 5.75 Å². The Kier molecular flexibility index (Phi) is 5.84. The van der Waals surface area contributed by atoms with Crippen molar-refractivity contribution in [3.63, 3.8) is 0 Å². The molecule has 7 nitrogen and oxygen atoms in total. The van der Waals surface area contributed by atoms with E-state index in [1.807, 2.05) is 17.5 Å². The van der Waals surface area contributed by atoms with Gasteiger partial charge < -0.3 is 10.1 Å². The Balaban J connectivity index is 1.77. The minimum atomic E-state index is -3.74. The zero-order valence-corrected chi connectivity index (χ0v) is 16.0. The van der Waals surface area contributed by atoms with Gasteiger partial charge in [0.25, 0.3) is 5.91 Å². The number of methoxy groups -OCH3 is 1. The van der Waals surface area contributed by atoms with E-state index >= 15 is 0 Å². The molecule has 0 unspecified atom stereocenters. The van der Waals surface area contributed by atoms with Crippen LogP contribution in [0.15, 0.2) is 65.0 Å². The highest BCUT2D eigenvalue weighted by Gasteiger charge is 2.17. The number of hydrogen-bond acceptors (Lipinski definition) is 6. The minimum absolute atomic E-state index is 0.0136. The van der Waals surface area contributed by atoms with Gasteiger partial charge >= 0.3 is 0 Å². The summed E-state index contributed by atoms with van der Waals surface area (Å²) >= 11 is 1.46. The Morgan fingerprint density at radius 2 is 2.04 bits per heavy atom. The fraction of sp³-hybridized carbons (Fsp3) is 0.111. The van der Waals surface area contributed by atoms with Crippen LogP contribution in [0.1, 0.15) is 15.2 Å². The van der Waals surface area contributed by atoms with E-state index in [4.69, 9.17) is 4.74 Å². The molecule has 2 N–H and O–H groups in total. The molecule has 9 heteroatoms. The lowest BCUT2D eigenvalue weighted by Gasteiger charge is -2.10. The van der Waals surface area contributed by atoms with Gasteiger partial charge in [-0.05, 0) is 41.8 Å². The van der Waals surface area contributed by atoms with E-state index in [-0.39, 0.29) is 22.8 Å². The normalized spacial score (nSPS) is 11.1. The van der Waals surface area contributed by atoms with Crippen molar-refractivity contribution in [2.24, 2.45) is 0 Å². The van der Waals surface area contributed by atoms with Crippen LogP contribution in [0.2, 0.25) is 0 Å². The number of nitrogens with one attached hydrogen (secondary N) is 2. The number of thiophene rings is 1. The quantitative estimate of drug-likeness (QED) is 0.632. The minimum Gasteiger partial charge on any atom is -0.493 e. The van der Waals surface area contributed by atoms with Crippen LogP contribution in [0.25, 0.3) is 0 Å². The second kappa shape index (κ2) is 8.30. The summed E-state index contributed by atoms with van der Waals surface area (Å²) in [7, 11) is -2.27. The number of amides is 1. The molecule has 0 bridgehead atoms. The molecule has 0 saturated heterocycles. The summed E-state index contributed by atoms with van der Waals surface area (Å²) < 4.78 is 32.7. The fourth-order valence-electron chi connectivity index (χ4n) is 2.30. The molecule has 0 fully saturated rings. The number of aromatic nitrogens is 1. The van der Waals surface area contributed by atoms with Crippen LogP contribution in [0, 0.1) is 0 Å². The second-order valence-electron chi connectivity index (χ2n) is 5.44. The monoisotopic (exact) mass is 403 g/mol. The zero-order chi connectivity index (χ0) is 19.3. The van der Waals surface area contributed by atoms with Crippen molar-refractivity contribution in [1.29, 1.82) is 0 Å². The zero-order valence-electron chi connectivity index (χ0n) is 14.4. The van der Waals surface area contributed by atoms with Crippen molar-refractivity contribution in [2.75, 3.05) is 12.4 Å². The molecule has 0 atom stereocenters. The van der Waals surface area contributed by atoms with Crippen LogP contribution in [0.5, 0.6) is 5.75 Å². The molecule has 1 aromatic carbocycles. The summed E-state index contributed by atoms with van der Waals surface area (Å²) in [6, 6.07) is 12.9. The van der Waals surface area contributed by atoms with E-state index in [9.17, 15) is 13.2 Å². The number of pyridine rings is 1. The number of benzene rings is 1. The van der Waals surface area contributed by atoms with Crippen molar-refractivity contribution in [3.8, 4) is 5.75 Å². The van der Waals surface area contributed by atoms with Crippen molar-refractivity contribution in [1.82, 2.24) is 9.71 Å². The Morgan fingerprint density at radius 1 is 1.19 bits per heavy atom. The fourth-order valence-corrected chi connectivity index (χ4v) is 4.08. The maximum absolute atomic E-state index is 12.5. The third-order valence-corrected chi connectivity index (χ3v) is 5.92. The van der Waals surface area contributed by atoms with E-state index in [2.05, 4.69) is 15.0 Å². The standard InChI is InChI=1S/C18H17N3O4S2/c1-25-16-8-3-9-19-17(16)21-18(22)13-5-2-7-15(11-13)27(23,24)20-12-14-6-4-10-26-14/h2-11,20H,12H2,1H3,(H,19,21,22). The smallest absolute Gasteiger partial charge is 0.256 e. The van der Waals surface area contributed by atoms with Gasteiger partial charge in [0.1, 0.15) is 0 Å². The predicted molar refractivity (Wildman–Crippen MR) is 104 cm³/mol. The average Bonchev–Trinajstić information content (AvgIpc) is 3.21. The number of rotatable bonds is 7. The van der Waals surface area contributed by atoms with Gasteiger partial charge in [-0.25, -0.2) is 18.1 Å². The number of hydrogen-bond donors (Lipinski definition) is 2. The number of anilines is 1. The first kappa shape index (κ1) is 19.0. The number of carbonyl (C=O) groups is 1. The molecule has 0 saturated carbocycles. The van der Waals surface area contributed by atoms with Crippen LogP contribution >= 0.6 is 11.3 Å². The lowest BCUT2D eigenvalue weighted by Crippen LogP contribution is -2.23. The van der Waals surface area contributed by atoms with E-state index < -0.39 is 15.9 Å². The Hall–Kier alpha value is -2.75. The first-order chi connectivity index (χ1) is 13.0. The van der Waals surface area contributed by atoms with Gasteiger partial charge in [-0.3, -0.25) is 4.79 Å². The number of carbonyl (C=O) groups excluding carboxylic acids is 1. The van der Waals surface area contributed by atoms with Crippen molar-refractivity contribution >= 4 is 33.1 Å². The molecule has 3 aromatic rings. The third kappa shape index (κ3) is 4.70. The maximum Gasteiger partial charge on any atom is 0.256 e. The van der Waals surface area contributed by atoms with Crippen molar-refractivity contribution in [2.45, 2.75) is 11.4 Å². The molecule has 140 valence electrons. The van der Waals surface area contributed by atoms with E-state index in [1.165, 1.54) is 48.9 Å². The summed E-state index contributed by atoms with van der Waals surface area (Å²) in [6.07, 6.45) is 1.52. The molecule has 2 aromatic heterocycles. The van der Waals surface area contributed by atoms with E-state index in [1.54, 1.807) is 12.1 Å². The van der Waals surface area contributed by atoms with Crippen LogP contribution < -0.4 is 14.8 Å². The Morgan fingerprint density at radius 3 is 2.78 bits per heavy atom. The second-order valence-corrected chi connectivity index (χ2v) is 8.24. The van der Waals surface area contributed by atoms with Crippen molar-refractivity contribution < 1.29 is 17.9 Å². The molecular formula is C18H17N3O4S2. The summed E-state index contributed by atoms with van der Waals surface area (Å²) in [5.41, 5.74) is 0.196. The highest BCUT2D eigenvalue weighted by Crippen LogP contribution is 2.21. The summed E-state index contributed by atoms with van der Waals surface area (Å²) in [4.78, 5) is 17.5. The number of ether oxygens (including phenoxy) is 1. The molecule has 0 aliphatic rings. The summed E-state index contributed by atoms with van der Waals surface area (Å²) in [5, 5.41) is 4.50. The largest absolute Gasteiger partial charge is 0.493 e. The first-order valence-electron chi connectivity index (χ1n) is 7.92. The molecule has 0 spiro atoms. The van der Waals surface area contributed by atoms with Crippen LogP contribution in [0.4, 0.5) is 5.82 Å². The highest BCUT2D eigenvalue weighted by atomic mass is 32.2. The van der Waals surface area contributed by atoms with E-state index in [0.717, 1.165) is 4.88 Å². The molecule has 1 amide bonds. The number of nitrogens with zero attached hydrogens (tertiary/aromatic N) is 1. The van der Waals surface area contributed by atoms with Gasteiger partial charge in [-0.2, -0.15) is 0 Å². The van der Waals surface area contributed by atoms with Gasteiger partial charge in [-0.1, -0.05) is 12.1 Å². The SMILES string of the molecule is COc1cccnc1NC(=O)c1cccc(S(=O)(=O)NCc2cccs2)c1. The van der Waals surface area contributed by atoms with Crippen LogP contribution in [0.3, 0.4) is 0 Å². The average molecular weight is 403 g/mol. The molecular weight excluding hydrogens is 386 g/mol. The summed E-state index contributed by atoms with van der Waals surface area (Å²) in [6.45, 7) is 0.196. The molecule has 0 radical (unpaired) electrons. The van der Waals surface area contributed by atoms with Crippen LogP contribution in [-0.2, 0) is 16.6 Å². The molecule has 0 aliphatic carbocycles. The third-order valence-electron chi connectivity index (χ3n) is 3.65. The lowest BCUT2D eigenvalue weighted by atomic mass is 10.2. The van der Waals surface area contributed by atoms with Gasteiger partial charge in [-0.15, -0.1) is 11.3 Å². The van der Waals surface area contributed by atoms with Crippen LogP contribution in [-0.4, -0.2) is 26.4 Å². The highest BCUT2D eigenvalue weighted by molar-refractivity contribution is 7.89. The maximum atomic E-state index is 12.5. The first-order valence-corrected chi connectivity index (χ1v) is 10.3. The molecule has 0 aliphatic heterocycles. The van der Waals surface area contributed by atoms with Gasteiger partial charge in [0, 0.05) is 23.2 Å².